The minimum absolute atomic E-state index is 0. The van der Waals surface area contributed by atoms with Gasteiger partial charge in [-0.3, -0.25) is 0 Å². The zero-order valence-electron chi connectivity index (χ0n) is 6.37. The molecule has 0 rings (SSSR count). The molecule has 0 saturated carbocycles. The van der Waals surface area contributed by atoms with E-state index in [2.05, 4.69) is 15.9 Å². The van der Waals surface area contributed by atoms with E-state index in [0.717, 1.165) is 0 Å². The van der Waals surface area contributed by atoms with Crippen molar-refractivity contribution in [1.29, 1.82) is 0 Å². The number of nitrogens with two attached hydrogens (primary N) is 1. The normalized spacial score (nSPS) is 13.6. The van der Waals surface area contributed by atoms with Crippen molar-refractivity contribution < 1.29 is 8.42 Å². The van der Waals surface area contributed by atoms with Crippen LogP contribution in [0.2, 0.25) is 0 Å². The fourth-order valence-electron chi connectivity index (χ4n) is 0.544. The average molecular weight is 301 g/mol. The summed E-state index contributed by atoms with van der Waals surface area (Å²) in [5, 5.41) is 0. The summed E-state index contributed by atoms with van der Waals surface area (Å²) >= 11 is 8.42. The second kappa shape index (κ2) is 7.38. The van der Waals surface area contributed by atoms with Gasteiger partial charge < -0.3 is 5.73 Å². The lowest BCUT2D eigenvalue weighted by atomic mass is 10.5. The molecule has 0 aromatic carbocycles. The van der Waals surface area contributed by atoms with Crippen LogP contribution in [-0.2, 0) is 9.84 Å². The molecule has 0 heterocycles. The highest BCUT2D eigenvalue weighted by Gasteiger charge is 2.14. The van der Waals surface area contributed by atoms with Gasteiger partial charge in [-0.1, -0.05) is 15.9 Å². The van der Waals surface area contributed by atoms with E-state index in [9.17, 15) is 8.42 Å². The highest BCUT2D eigenvalue weighted by atomic mass is 79.9. The van der Waals surface area contributed by atoms with Gasteiger partial charge in [-0.15, -0.1) is 24.0 Å². The van der Waals surface area contributed by atoms with Crippen LogP contribution in [0.3, 0.4) is 0 Å². The van der Waals surface area contributed by atoms with E-state index in [1.54, 1.807) is 0 Å². The highest BCUT2D eigenvalue weighted by molar-refractivity contribution is 9.09. The molecule has 1 atom stereocenters. The van der Waals surface area contributed by atoms with Crippen molar-refractivity contribution in [2.75, 3.05) is 23.9 Å². The van der Waals surface area contributed by atoms with Crippen LogP contribution in [-0.4, -0.2) is 37.2 Å². The summed E-state index contributed by atoms with van der Waals surface area (Å²) in [6, 6.07) is 0. The average Bonchev–Trinajstić information content (AvgIpc) is 1.86. The Morgan fingerprint density at radius 3 is 2.33 bits per heavy atom. The quantitative estimate of drug-likeness (QED) is 0.764. The molecule has 0 amide bonds. The molecular formula is C5H12BrCl2NO2S. The Bertz CT molecular complexity index is 198. The molecule has 0 aromatic heterocycles. The molecule has 0 bridgehead atoms. The van der Waals surface area contributed by atoms with E-state index in [1.165, 1.54) is 0 Å². The van der Waals surface area contributed by atoms with E-state index in [4.69, 9.17) is 17.3 Å². The monoisotopic (exact) mass is 299 g/mol. The molecule has 0 aromatic rings. The number of hydrogen-bond acceptors (Lipinski definition) is 3. The maximum absolute atomic E-state index is 11.0. The molecule has 3 nitrogen and oxygen atoms in total. The summed E-state index contributed by atoms with van der Waals surface area (Å²) < 4.78 is 22.1. The molecule has 0 aliphatic rings. The summed E-state index contributed by atoms with van der Waals surface area (Å²) in [7, 11) is -3.00. The van der Waals surface area contributed by atoms with Crippen molar-refractivity contribution in [3.8, 4) is 0 Å². The fourth-order valence-corrected chi connectivity index (χ4v) is 3.55. The lowest BCUT2D eigenvalue weighted by Gasteiger charge is -2.05. The van der Waals surface area contributed by atoms with Gasteiger partial charge in [-0.2, -0.15) is 0 Å². The van der Waals surface area contributed by atoms with E-state index in [1.807, 2.05) is 0 Å². The van der Waals surface area contributed by atoms with Crippen LogP contribution in [0.25, 0.3) is 0 Å². The molecule has 0 aliphatic carbocycles. The number of alkyl halides is 2. The lowest BCUT2D eigenvalue weighted by molar-refractivity contribution is 0.596. The fraction of sp³-hybridized carbons (Fsp3) is 1.00. The molecule has 76 valence electrons. The molecule has 0 saturated heterocycles. The van der Waals surface area contributed by atoms with Gasteiger partial charge in [0.05, 0.1) is 11.5 Å². The van der Waals surface area contributed by atoms with Crippen molar-refractivity contribution in [2.24, 2.45) is 5.73 Å². The summed E-state index contributed by atoms with van der Waals surface area (Å²) in [6.07, 6.45) is 0. The van der Waals surface area contributed by atoms with Gasteiger partial charge in [0, 0.05) is 17.3 Å². The third kappa shape index (κ3) is 7.61. The minimum atomic E-state index is -3.00. The maximum Gasteiger partial charge on any atom is 0.152 e. The van der Waals surface area contributed by atoms with Crippen LogP contribution in [0, 0.1) is 0 Å². The SMILES string of the molecule is Cl.NCC(Br)CS(=O)(=O)CCCl. The Labute approximate surface area is 92.5 Å². The van der Waals surface area contributed by atoms with Crippen LogP contribution in [0.1, 0.15) is 0 Å². The number of halogens is 3. The van der Waals surface area contributed by atoms with Crippen molar-refractivity contribution in [3.05, 3.63) is 0 Å². The number of sulfone groups is 1. The van der Waals surface area contributed by atoms with Gasteiger partial charge >= 0.3 is 0 Å². The van der Waals surface area contributed by atoms with Crippen molar-refractivity contribution in [1.82, 2.24) is 0 Å². The van der Waals surface area contributed by atoms with Gasteiger partial charge in [0.25, 0.3) is 0 Å². The largest absolute Gasteiger partial charge is 0.329 e. The molecular weight excluding hydrogens is 289 g/mol. The van der Waals surface area contributed by atoms with Gasteiger partial charge in [0.15, 0.2) is 9.84 Å². The smallest absolute Gasteiger partial charge is 0.152 e. The minimum Gasteiger partial charge on any atom is -0.329 e. The first kappa shape index (κ1) is 15.4. The molecule has 7 heteroatoms. The Hall–Kier alpha value is 0.970. The first-order chi connectivity index (χ1) is 5.02. The maximum atomic E-state index is 11.0. The Morgan fingerprint density at radius 2 is 2.00 bits per heavy atom. The number of hydrogen-bond donors (Lipinski definition) is 1. The highest BCUT2D eigenvalue weighted by Crippen LogP contribution is 2.03. The first-order valence-corrected chi connectivity index (χ1v) is 6.39. The molecule has 1 unspecified atom stereocenters. The Kier molecular flexibility index (Phi) is 9.50. The van der Waals surface area contributed by atoms with Crippen LogP contribution < -0.4 is 5.73 Å². The lowest BCUT2D eigenvalue weighted by Crippen LogP contribution is -2.25. The second-order valence-electron chi connectivity index (χ2n) is 2.14. The molecule has 0 spiro atoms. The van der Waals surface area contributed by atoms with E-state index < -0.39 is 9.84 Å². The first-order valence-electron chi connectivity index (χ1n) is 3.12. The zero-order chi connectivity index (χ0) is 8.91. The Balaban J connectivity index is 0. The van der Waals surface area contributed by atoms with Crippen LogP contribution in [0.4, 0.5) is 0 Å². The second-order valence-corrected chi connectivity index (χ2v) is 6.04. The van der Waals surface area contributed by atoms with Crippen LogP contribution >= 0.6 is 39.9 Å². The van der Waals surface area contributed by atoms with E-state index in [-0.39, 0.29) is 34.6 Å². The molecule has 12 heavy (non-hydrogen) atoms. The summed E-state index contributed by atoms with van der Waals surface area (Å²) in [5.41, 5.74) is 5.23. The number of rotatable bonds is 5. The van der Waals surface area contributed by atoms with E-state index >= 15 is 0 Å². The molecule has 2 N–H and O–H groups in total. The third-order valence-corrected chi connectivity index (χ3v) is 4.35. The summed E-state index contributed by atoms with van der Waals surface area (Å²) in [4.78, 5) is -0.157. The summed E-state index contributed by atoms with van der Waals surface area (Å²) in [6.45, 7) is 0.321. The van der Waals surface area contributed by atoms with Crippen molar-refractivity contribution >= 4 is 49.8 Å². The van der Waals surface area contributed by atoms with Gasteiger partial charge in [0.1, 0.15) is 0 Å². The molecule has 0 radical (unpaired) electrons. The zero-order valence-corrected chi connectivity index (χ0v) is 10.3. The van der Waals surface area contributed by atoms with Crippen LogP contribution in [0.15, 0.2) is 0 Å². The third-order valence-electron chi connectivity index (χ3n) is 1.08. The standard InChI is InChI=1S/C5H11BrClNO2S.ClH/c6-5(3-8)4-11(9,10)2-1-7;/h5H,1-4,8H2;1H. The summed E-state index contributed by atoms with van der Waals surface area (Å²) in [5.74, 6) is 0.236. The topological polar surface area (TPSA) is 60.2 Å². The van der Waals surface area contributed by atoms with Gasteiger partial charge in [0.2, 0.25) is 0 Å². The van der Waals surface area contributed by atoms with Crippen molar-refractivity contribution in [3.63, 3.8) is 0 Å². The van der Waals surface area contributed by atoms with Gasteiger partial charge in [-0.25, -0.2) is 8.42 Å². The Morgan fingerprint density at radius 1 is 1.50 bits per heavy atom. The van der Waals surface area contributed by atoms with Gasteiger partial charge in [-0.05, 0) is 0 Å². The molecule has 0 aliphatic heterocycles. The van der Waals surface area contributed by atoms with E-state index in [0.29, 0.717) is 6.54 Å². The molecule has 0 fully saturated rings. The van der Waals surface area contributed by atoms with Crippen molar-refractivity contribution in [2.45, 2.75) is 4.83 Å². The predicted octanol–water partition coefficient (Wildman–Crippen LogP) is 0.784. The predicted molar refractivity (Wildman–Crippen MR) is 58.4 cm³/mol. The van der Waals surface area contributed by atoms with Crippen LogP contribution in [0.5, 0.6) is 0 Å².